The number of anilines is 2. The first-order valence-electron chi connectivity index (χ1n) is 10.5. The van der Waals surface area contributed by atoms with E-state index in [1.807, 2.05) is 32.2 Å². The molecule has 172 valence electrons. The Kier molecular flexibility index (Phi) is 6.09. The third-order valence-corrected chi connectivity index (χ3v) is 5.77. The van der Waals surface area contributed by atoms with Crippen LogP contribution in [0.5, 0.6) is 0 Å². The van der Waals surface area contributed by atoms with Crippen LogP contribution in [0.4, 0.5) is 11.4 Å². The number of carbonyl (C=O) groups is 1. The van der Waals surface area contributed by atoms with Crippen molar-refractivity contribution >= 4 is 40.6 Å². The molecule has 2 N–H and O–H groups in total. The van der Waals surface area contributed by atoms with Crippen molar-refractivity contribution in [3.8, 4) is 11.5 Å². The molecule has 0 aliphatic carbocycles. The van der Waals surface area contributed by atoms with Crippen LogP contribution in [0.15, 0.2) is 41.1 Å². The summed E-state index contributed by atoms with van der Waals surface area (Å²) in [6.07, 6.45) is 3.79. The highest BCUT2D eigenvalue weighted by Crippen LogP contribution is 2.34. The first-order valence-corrected chi connectivity index (χ1v) is 10.5. The van der Waals surface area contributed by atoms with E-state index in [9.17, 15) is 9.90 Å². The smallest absolute Gasteiger partial charge is 0.277 e. The predicted molar refractivity (Wildman–Crippen MR) is 128 cm³/mol. The SMILES string of the molecule is Cc1cc(-c2nc(C(=O)Nc3cc4c(cnn4C)cc3N3CC[C@H](O)C3)c(C)o2)ccn1.Cl. The molecule has 0 spiro atoms. The van der Waals surface area contributed by atoms with Gasteiger partial charge in [0.25, 0.3) is 5.91 Å². The van der Waals surface area contributed by atoms with Gasteiger partial charge >= 0.3 is 0 Å². The van der Waals surface area contributed by atoms with E-state index in [4.69, 9.17) is 4.42 Å². The average Bonchev–Trinajstić information content (AvgIpc) is 3.46. The summed E-state index contributed by atoms with van der Waals surface area (Å²) in [5.41, 5.74) is 4.22. The number of fused-ring (bicyclic) bond motifs is 1. The van der Waals surface area contributed by atoms with Gasteiger partial charge in [0.1, 0.15) is 5.76 Å². The normalized spacial score (nSPS) is 15.6. The van der Waals surface area contributed by atoms with Gasteiger partial charge in [-0.3, -0.25) is 14.5 Å². The van der Waals surface area contributed by atoms with E-state index in [0.29, 0.717) is 36.8 Å². The molecule has 0 radical (unpaired) electrons. The Bertz CT molecular complexity index is 1330. The zero-order valence-electron chi connectivity index (χ0n) is 18.6. The van der Waals surface area contributed by atoms with Gasteiger partial charge in [-0.1, -0.05) is 0 Å². The number of amides is 1. The summed E-state index contributed by atoms with van der Waals surface area (Å²) >= 11 is 0. The molecule has 1 atom stereocenters. The number of rotatable bonds is 4. The van der Waals surface area contributed by atoms with Gasteiger partial charge in [0.15, 0.2) is 5.69 Å². The molecular weight excluding hydrogens is 444 g/mol. The molecule has 0 bridgehead atoms. The monoisotopic (exact) mass is 468 g/mol. The highest BCUT2D eigenvalue weighted by molar-refractivity contribution is 6.07. The molecule has 4 aromatic rings. The lowest BCUT2D eigenvalue weighted by Gasteiger charge is -2.22. The molecule has 1 aliphatic rings. The predicted octanol–water partition coefficient (Wildman–Crippen LogP) is 3.49. The van der Waals surface area contributed by atoms with Gasteiger partial charge in [0.05, 0.1) is 29.2 Å². The average molecular weight is 469 g/mol. The quantitative estimate of drug-likeness (QED) is 0.471. The number of oxazole rings is 1. The maximum atomic E-state index is 13.2. The molecule has 3 aromatic heterocycles. The number of nitrogens with one attached hydrogen (secondary N) is 1. The van der Waals surface area contributed by atoms with Crippen LogP contribution in [-0.4, -0.2) is 50.0 Å². The second kappa shape index (κ2) is 8.84. The van der Waals surface area contributed by atoms with Crippen molar-refractivity contribution < 1.29 is 14.3 Å². The Morgan fingerprint density at radius 2 is 2.09 bits per heavy atom. The van der Waals surface area contributed by atoms with Crippen molar-refractivity contribution in [3.63, 3.8) is 0 Å². The summed E-state index contributed by atoms with van der Waals surface area (Å²) in [7, 11) is 1.86. The number of aromatic nitrogens is 4. The zero-order chi connectivity index (χ0) is 22.4. The number of β-amino-alcohol motifs (C(OH)–C–C–N with tert-alkyl or cyclic N) is 1. The van der Waals surface area contributed by atoms with Crippen molar-refractivity contribution in [2.75, 3.05) is 23.3 Å². The van der Waals surface area contributed by atoms with Crippen LogP contribution in [0.2, 0.25) is 0 Å². The van der Waals surface area contributed by atoms with E-state index >= 15 is 0 Å². The van der Waals surface area contributed by atoms with Gasteiger partial charge in [-0.05, 0) is 44.5 Å². The van der Waals surface area contributed by atoms with Crippen molar-refractivity contribution in [2.45, 2.75) is 26.4 Å². The molecule has 9 nitrogen and oxygen atoms in total. The van der Waals surface area contributed by atoms with E-state index in [1.54, 1.807) is 30.1 Å². The summed E-state index contributed by atoms with van der Waals surface area (Å²) in [6, 6.07) is 7.56. The van der Waals surface area contributed by atoms with Crippen molar-refractivity contribution in [1.29, 1.82) is 0 Å². The largest absolute Gasteiger partial charge is 0.441 e. The van der Waals surface area contributed by atoms with Crippen molar-refractivity contribution in [1.82, 2.24) is 19.7 Å². The second-order valence-corrected chi connectivity index (χ2v) is 8.15. The van der Waals surface area contributed by atoms with E-state index < -0.39 is 0 Å². The number of halogens is 1. The fourth-order valence-corrected chi connectivity index (χ4v) is 4.10. The number of nitrogens with zero attached hydrogens (tertiary/aromatic N) is 5. The molecule has 10 heteroatoms. The van der Waals surface area contributed by atoms with E-state index in [-0.39, 0.29) is 30.1 Å². The molecule has 5 rings (SSSR count). The molecule has 1 fully saturated rings. The number of hydrogen-bond acceptors (Lipinski definition) is 7. The fraction of sp³-hybridized carbons (Fsp3) is 0.304. The number of aliphatic hydroxyl groups excluding tert-OH is 1. The summed E-state index contributed by atoms with van der Waals surface area (Å²) in [6.45, 7) is 4.84. The Morgan fingerprint density at radius 1 is 1.27 bits per heavy atom. The minimum Gasteiger partial charge on any atom is -0.441 e. The van der Waals surface area contributed by atoms with Gasteiger partial charge in [-0.15, -0.1) is 12.4 Å². The number of hydrogen-bond donors (Lipinski definition) is 2. The van der Waals surface area contributed by atoms with Crippen LogP contribution in [0.1, 0.15) is 28.4 Å². The number of benzene rings is 1. The Labute approximate surface area is 196 Å². The van der Waals surface area contributed by atoms with Crippen LogP contribution in [0, 0.1) is 13.8 Å². The maximum Gasteiger partial charge on any atom is 0.277 e. The molecule has 0 unspecified atom stereocenters. The Balaban J connectivity index is 0.00000259. The standard InChI is InChI=1S/C23H24N6O3.ClH/c1-13-8-15(4-6-24-13)23-27-21(14(2)32-23)22(31)26-18-10-19-16(11-25-28(19)3)9-20(18)29-7-5-17(30)12-29;/h4,6,8-11,17,30H,5,7,12H2,1-3H3,(H,26,31);1H/t17-;/m0./s1. The molecular formula is C23H25ClN6O3. The molecule has 1 saturated heterocycles. The second-order valence-electron chi connectivity index (χ2n) is 8.15. The molecule has 0 saturated carbocycles. The van der Waals surface area contributed by atoms with Crippen LogP contribution in [0.3, 0.4) is 0 Å². The van der Waals surface area contributed by atoms with E-state index in [1.165, 1.54) is 0 Å². The number of pyridine rings is 1. The first kappa shape index (κ1) is 22.8. The minimum absolute atomic E-state index is 0. The molecule has 1 aromatic carbocycles. The third kappa shape index (κ3) is 4.29. The van der Waals surface area contributed by atoms with Crippen molar-refractivity contribution in [2.24, 2.45) is 7.05 Å². The topological polar surface area (TPSA) is 109 Å². The molecule has 4 heterocycles. The third-order valence-electron chi connectivity index (χ3n) is 5.77. The summed E-state index contributed by atoms with van der Waals surface area (Å²) in [5.74, 6) is 0.459. The van der Waals surface area contributed by atoms with E-state index in [0.717, 1.165) is 27.8 Å². The number of aliphatic hydroxyl groups is 1. The summed E-state index contributed by atoms with van der Waals surface area (Å²) < 4.78 is 7.54. The fourth-order valence-electron chi connectivity index (χ4n) is 4.10. The van der Waals surface area contributed by atoms with Gasteiger partial charge in [0, 0.05) is 43.0 Å². The molecule has 1 aliphatic heterocycles. The van der Waals surface area contributed by atoms with Gasteiger partial charge < -0.3 is 19.7 Å². The van der Waals surface area contributed by atoms with E-state index in [2.05, 4.69) is 25.3 Å². The lowest BCUT2D eigenvalue weighted by Crippen LogP contribution is -2.23. The highest BCUT2D eigenvalue weighted by atomic mass is 35.5. The van der Waals surface area contributed by atoms with Gasteiger partial charge in [-0.2, -0.15) is 5.10 Å². The maximum absolute atomic E-state index is 13.2. The lowest BCUT2D eigenvalue weighted by atomic mass is 10.1. The van der Waals surface area contributed by atoms with Crippen LogP contribution in [0.25, 0.3) is 22.4 Å². The molecule has 1 amide bonds. The van der Waals surface area contributed by atoms with Crippen LogP contribution < -0.4 is 10.2 Å². The molecule has 33 heavy (non-hydrogen) atoms. The van der Waals surface area contributed by atoms with Gasteiger partial charge in [-0.25, -0.2) is 4.98 Å². The zero-order valence-corrected chi connectivity index (χ0v) is 19.4. The van der Waals surface area contributed by atoms with Gasteiger partial charge in [0.2, 0.25) is 5.89 Å². The summed E-state index contributed by atoms with van der Waals surface area (Å²) in [4.78, 5) is 23.9. The van der Waals surface area contributed by atoms with Crippen molar-refractivity contribution in [3.05, 3.63) is 53.8 Å². The lowest BCUT2D eigenvalue weighted by molar-refractivity contribution is 0.102. The first-order chi connectivity index (χ1) is 15.4. The minimum atomic E-state index is -0.382. The highest BCUT2D eigenvalue weighted by Gasteiger charge is 2.25. The number of carbonyl (C=O) groups excluding carboxylic acids is 1. The van der Waals surface area contributed by atoms with Crippen LogP contribution >= 0.6 is 12.4 Å². The van der Waals surface area contributed by atoms with Crippen LogP contribution in [-0.2, 0) is 7.05 Å². The Morgan fingerprint density at radius 3 is 2.82 bits per heavy atom. The number of aryl methyl sites for hydroxylation is 3. The summed E-state index contributed by atoms with van der Waals surface area (Å²) in [5, 5.41) is 18.3. The Hall–Kier alpha value is -3.43.